The number of hydrogen-bond acceptors (Lipinski definition) is 3. The van der Waals surface area contributed by atoms with Crippen LogP contribution in [0, 0.1) is 0 Å². The maximum absolute atomic E-state index is 12.5. The van der Waals surface area contributed by atoms with Crippen LogP contribution in [0.15, 0.2) is 41.5 Å². The van der Waals surface area contributed by atoms with E-state index in [9.17, 15) is 18.0 Å². The normalized spacial score (nSPS) is 12.9. The lowest BCUT2D eigenvalue weighted by atomic mass is 9.99. The minimum absolute atomic E-state index is 0.0613. The Hall–Kier alpha value is -2.31. The lowest BCUT2D eigenvalue weighted by molar-refractivity contribution is -0.137. The molecule has 0 aliphatic heterocycles. The Morgan fingerprint density at radius 1 is 1.26 bits per heavy atom. The van der Waals surface area contributed by atoms with Crippen LogP contribution in [0.25, 0.3) is 0 Å². The molecule has 2 aromatic rings. The summed E-state index contributed by atoms with van der Waals surface area (Å²) >= 11 is 0. The molecule has 0 fully saturated rings. The zero-order valence-electron chi connectivity index (χ0n) is 12.9. The fraction of sp³-hybridized carbons (Fsp3) is 0.375. The maximum Gasteiger partial charge on any atom is 0.416 e. The predicted molar refractivity (Wildman–Crippen MR) is 82.5 cm³/mol. The molecule has 23 heavy (non-hydrogen) atoms. The van der Waals surface area contributed by atoms with Crippen LogP contribution >= 0.6 is 0 Å². The van der Waals surface area contributed by atoms with Crippen molar-refractivity contribution in [3.8, 4) is 0 Å². The average molecular weight is 325 g/mol. The van der Waals surface area contributed by atoms with Gasteiger partial charge in [0.25, 0.3) is 5.56 Å². The summed E-state index contributed by atoms with van der Waals surface area (Å²) in [5.41, 5.74) is -0.121. The molecule has 0 aliphatic rings. The van der Waals surface area contributed by atoms with E-state index in [1.165, 1.54) is 22.9 Å². The molecule has 1 unspecified atom stereocenters. The second-order valence-electron chi connectivity index (χ2n) is 5.27. The van der Waals surface area contributed by atoms with Gasteiger partial charge in [-0.15, -0.1) is 0 Å². The highest BCUT2D eigenvalue weighted by atomic mass is 19.4. The number of nitrogens with one attached hydrogen (secondary N) is 1. The molecule has 0 saturated carbocycles. The van der Waals surface area contributed by atoms with Crippen molar-refractivity contribution in [2.75, 3.05) is 11.9 Å². The van der Waals surface area contributed by atoms with Gasteiger partial charge in [-0.05, 0) is 30.5 Å². The van der Waals surface area contributed by atoms with Gasteiger partial charge in [0.05, 0.1) is 5.56 Å². The first-order valence-electron chi connectivity index (χ1n) is 7.29. The van der Waals surface area contributed by atoms with E-state index in [0.29, 0.717) is 13.1 Å². The molecule has 1 heterocycles. The lowest BCUT2D eigenvalue weighted by Gasteiger charge is -2.15. The van der Waals surface area contributed by atoms with Crippen molar-refractivity contribution >= 4 is 5.82 Å². The van der Waals surface area contributed by atoms with E-state index in [-0.39, 0.29) is 17.3 Å². The standard InChI is InChI=1S/C16H18F3N3O/c1-3-22-9-8-20-14(15(22)23)21-10-11(2)12-4-6-13(7-5-12)16(17,18)19/h4-9,11H,3,10H2,1-2H3,(H,20,21). The first-order chi connectivity index (χ1) is 10.8. The Kier molecular flexibility index (Phi) is 5.08. The van der Waals surface area contributed by atoms with Crippen molar-refractivity contribution in [1.29, 1.82) is 0 Å². The zero-order valence-corrected chi connectivity index (χ0v) is 12.9. The Balaban J connectivity index is 2.05. The summed E-state index contributed by atoms with van der Waals surface area (Å²) in [5.74, 6) is 0.182. The van der Waals surface area contributed by atoms with Crippen molar-refractivity contribution in [3.63, 3.8) is 0 Å². The number of aromatic nitrogens is 2. The Labute approximate surface area is 132 Å². The molecule has 0 spiro atoms. The quantitative estimate of drug-likeness (QED) is 0.915. The highest BCUT2D eigenvalue weighted by molar-refractivity contribution is 5.33. The minimum atomic E-state index is -4.33. The van der Waals surface area contributed by atoms with Gasteiger partial charge in [-0.25, -0.2) is 4.98 Å². The molecule has 7 heteroatoms. The van der Waals surface area contributed by atoms with Crippen molar-refractivity contribution in [2.24, 2.45) is 0 Å². The monoisotopic (exact) mass is 325 g/mol. The molecule has 0 radical (unpaired) electrons. The number of rotatable bonds is 5. The van der Waals surface area contributed by atoms with E-state index in [1.807, 2.05) is 13.8 Å². The van der Waals surface area contributed by atoms with Crippen LogP contribution in [0.4, 0.5) is 19.0 Å². The molecule has 1 N–H and O–H groups in total. The second-order valence-corrected chi connectivity index (χ2v) is 5.27. The number of alkyl halides is 3. The predicted octanol–water partition coefficient (Wildman–Crippen LogP) is 3.50. The number of hydrogen-bond donors (Lipinski definition) is 1. The first-order valence-corrected chi connectivity index (χ1v) is 7.29. The van der Waals surface area contributed by atoms with Crippen LogP contribution < -0.4 is 10.9 Å². The smallest absolute Gasteiger partial charge is 0.365 e. The summed E-state index contributed by atoms with van der Waals surface area (Å²) in [7, 11) is 0. The summed E-state index contributed by atoms with van der Waals surface area (Å²) in [6, 6.07) is 5.04. The molecular formula is C16H18F3N3O. The van der Waals surface area contributed by atoms with Crippen LogP contribution in [0.2, 0.25) is 0 Å². The van der Waals surface area contributed by atoms with E-state index in [0.717, 1.165) is 17.7 Å². The largest absolute Gasteiger partial charge is 0.416 e. The fourth-order valence-electron chi connectivity index (χ4n) is 2.19. The van der Waals surface area contributed by atoms with Gasteiger partial charge in [0.15, 0.2) is 5.82 Å². The molecule has 1 aromatic heterocycles. The van der Waals surface area contributed by atoms with Crippen LogP contribution in [-0.2, 0) is 12.7 Å². The molecule has 1 atom stereocenters. The summed E-state index contributed by atoms with van der Waals surface area (Å²) < 4.78 is 39.2. The Morgan fingerprint density at radius 2 is 1.91 bits per heavy atom. The zero-order chi connectivity index (χ0) is 17.0. The van der Waals surface area contributed by atoms with Gasteiger partial charge in [-0.2, -0.15) is 13.2 Å². The average Bonchev–Trinajstić information content (AvgIpc) is 2.53. The van der Waals surface area contributed by atoms with E-state index in [2.05, 4.69) is 10.3 Å². The molecule has 0 aliphatic carbocycles. The number of benzene rings is 1. The van der Waals surface area contributed by atoms with Gasteiger partial charge >= 0.3 is 6.18 Å². The van der Waals surface area contributed by atoms with Crippen molar-refractivity contribution in [3.05, 3.63) is 58.1 Å². The van der Waals surface area contributed by atoms with Gasteiger partial charge in [-0.1, -0.05) is 19.1 Å². The molecule has 2 rings (SSSR count). The van der Waals surface area contributed by atoms with Crippen LogP contribution in [0.1, 0.15) is 30.9 Å². The molecule has 0 saturated heterocycles. The number of nitrogens with zero attached hydrogens (tertiary/aromatic N) is 2. The SMILES string of the molecule is CCn1ccnc(NCC(C)c2ccc(C(F)(F)F)cc2)c1=O. The third kappa shape index (κ3) is 4.12. The highest BCUT2D eigenvalue weighted by Gasteiger charge is 2.30. The van der Waals surface area contributed by atoms with Gasteiger partial charge in [0, 0.05) is 25.5 Å². The van der Waals surface area contributed by atoms with E-state index in [1.54, 1.807) is 6.20 Å². The second kappa shape index (κ2) is 6.85. The molecule has 1 aromatic carbocycles. The first kappa shape index (κ1) is 17.1. The van der Waals surface area contributed by atoms with Gasteiger partial charge in [0.2, 0.25) is 0 Å². The van der Waals surface area contributed by atoms with E-state index < -0.39 is 11.7 Å². The number of anilines is 1. The summed E-state index contributed by atoms with van der Waals surface area (Å²) in [6.07, 6.45) is -1.19. The van der Waals surface area contributed by atoms with Gasteiger partial charge in [0.1, 0.15) is 0 Å². The highest BCUT2D eigenvalue weighted by Crippen LogP contribution is 2.30. The summed E-state index contributed by atoms with van der Waals surface area (Å²) in [5, 5.41) is 2.96. The van der Waals surface area contributed by atoms with Crippen molar-refractivity contribution < 1.29 is 13.2 Å². The topological polar surface area (TPSA) is 46.9 Å². The Bertz CT molecular complexity index is 708. The maximum atomic E-state index is 12.5. The Morgan fingerprint density at radius 3 is 2.48 bits per heavy atom. The van der Waals surface area contributed by atoms with Crippen molar-refractivity contribution in [1.82, 2.24) is 9.55 Å². The summed E-state index contributed by atoms with van der Waals surface area (Å²) in [4.78, 5) is 16.0. The van der Waals surface area contributed by atoms with E-state index >= 15 is 0 Å². The minimum Gasteiger partial charge on any atom is -0.365 e. The molecule has 0 bridgehead atoms. The molecule has 0 amide bonds. The lowest BCUT2D eigenvalue weighted by Crippen LogP contribution is -2.25. The fourth-order valence-corrected chi connectivity index (χ4v) is 2.19. The molecule has 124 valence electrons. The van der Waals surface area contributed by atoms with Crippen LogP contribution in [0.3, 0.4) is 0 Å². The molecular weight excluding hydrogens is 307 g/mol. The van der Waals surface area contributed by atoms with E-state index in [4.69, 9.17) is 0 Å². The van der Waals surface area contributed by atoms with Crippen LogP contribution in [0.5, 0.6) is 0 Å². The number of aryl methyl sites for hydroxylation is 1. The summed E-state index contributed by atoms with van der Waals surface area (Å²) in [6.45, 7) is 4.68. The third-order valence-electron chi connectivity index (χ3n) is 3.64. The molecule has 4 nitrogen and oxygen atoms in total. The number of halogens is 3. The van der Waals surface area contributed by atoms with Crippen LogP contribution in [-0.4, -0.2) is 16.1 Å². The van der Waals surface area contributed by atoms with Crippen molar-refractivity contribution in [2.45, 2.75) is 32.5 Å². The van der Waals surface area contributed by atoms with Gasteiger partial charge in [-0.3, -0.25) is 4.79 Å². The van der Waals surface area contributed by atoms with Gasteiger partial charge < -0.3 is 9.88 Å². The third-order valence-corrected chi connectivity index (χ3v) is 3.64.